The standard InChI is InChI=1S/C22H22N2.C8H10O.CH3NO/c1-3-4-7-12-18(2)21-17-22(19-13-8-5-9-14-19)24(23-21)20-15-10-6-11-16-20;1-2-7-3-5-8(9)6-4-7;2-1-3/h3-16,22H,1,17H2,2H3;3-6,9H,2H2,1H3;1H,(H2,2,3)/b7-4-,18-12+;;. The van der Waals surface area contributed by atoms with Crippen molar-refractivity contribution in [3.05, 3.63) is 133 Å². The SMILES string of the molecule is C=C/C=C\C=C(/C)C1=NN(c2ccccc2)C(c2ccccc2)C1.CCc1ccc(O)cc1.NC=O. The molecule has 4 rings (SSSR count). The zero-order valence-corrected chi connectivity index (χ0v) is 21.0. The molecule has 0 fully saturated rings. The number of anilines is 1. The summed E-state index contributed by atoms with van der Waals surface area (Å²) in [6, 6.07) is 28.5. The number of amides is 1. The zero-order valence-electron chi connectivity index (χ0n) is 21.0. The number of aryl methyl sites for hydroxylation is 1. The second-order valence-corrected chi connectivity index (χ2v) is 7.98. The Labute approximate surface area is 214 Å². The van der Waals surface area contributed by atoms with Gasteiger partial charge in [-0.1, -0.05) is 98.5 Å². The summed E-state index contributed by atoms with van der Waals surface area (Å²) in [5.41, 5.74) is 10.1. The minimum atomic E-state index is 0.232. The molecule has 0 radical (unpaired) electrons. The van der Waals surface area contributed by atoms with Gasteiger partial charge in [0, 0.05) is 6.42 Å². The van der Waals surface area contributed by atoms with Gasteiger partial charge in [-0.15, -0.1) is 0 Å². The van der Waals surface area contributed by atoms with Crippen molar-refractivity contribution in [2.75, 3.05) is 5.01 Å². The number of phenols is 1. The molecule has 0 aliphatic carbocycles. The minimum Gasteiger partial charge on any atom is -0.508 e. The molecule has 0 bridgehead atoms. The van der Waals surface area contributed by atoms with Crippen LogP contribution in [0.3, 0.4) is 0 Å². The van der Waals surface area contributed by atoms with Gasteiger partial charge in [0.05, 0.1) is 17.4 Å². The van der Waals surface area contributed by atoms with Gasteiger partial charge in [-0.2, -0.15) is 5.10 Å². The maximum Gasteiger partial charge on any atom is 0.204 e. The molecule has 3 aromatic rings. The molecule has 5 heteroatoms. The van der Waals surface area contributed by atoms with E-state index in [9.17, 15) is 0 Å². The Bertz CT molecular complexity index is 1150. The Balaban J connectivity index is 0.000000316. The van der Waals surface area contributed by atoms with Gasteiger partial charge in [0.25, 0.3) is 0 Å². The van der Waals surface area contributed by atoms with Crippen LogP contribution in [-0.4, -0.2) is 17.2 Å². The Kier molecular flexibility index (Phi) is 12.0. The van der Waals surface area contributed by atoms with Gasteiger partial charge in [0.15, 0.2) is 0 Å². The van der Waals surface area contributed by atoms with Crippen molar-refractivity contribution in [2.24, 2.45) is 10.8 Å². The number of nitrogens with two attached hydrogens (primary N) is 1. The maximum absolute atomic E-state index is 8.85. The normalized spacial score (nSPS) is 14.7. The highest BCUT2D eigenvalue weighted by atomic mass is 16.3. The van der Waals surface area contributed by atoms with E-state index in [1.807, 2.05) is 30.4 Å². The molecule has 1 atom stereocenters. The molecule has 0 spiro atoms. The lowest BCUT2D eigenvalue weighted by atomic mass is 9.98. The van der Waals surface area contributed by atoms with Crippen molar-refractivity contribution in [3.63, 3.8) is 0 Å². The van der Waals surface area contributed by atoms with Crippen LogP contribution >= 0.6 is 0 Å². The number of hydrogen-bond donors (Lipinski definition) is 2. The summed E-state index contributed by atoms with van der Waals surface area (Å²) in [5, 5.41) is 15.9. The van der Waals surface area contributed by atoms with E-state index in [1.54, 1.807) is 18.2 Å². The molecule has 1 amide bonds. The van der Waals surface area contributed by atoms with E-state index < -0.39 is 0 Å². The summed E-state index contributed by atoms with van der Waals surface area (Å²) in [5.74, 6) is 0.340. The first-order valence-electron chi connectivity index (χ1n) is 11.9. The van der Waals surface area contributed by atoms with Crippen LogP contribution in [-0.2, 0) is 11.2 Å². The van der Waals surface area contributed by atoms with Gasteiger partial charge in [0.2, 0.25) is 6.41 Å². The van der Waals surface area contributed by atoms with E-state index in [0.29, 0.717) is 5.75 Å². The number of allylic oxidation sites excluding steroid dienone is 5. The Hall–Kier alpha value is -4.38. The molecule has 3 N–H and O–H groups in total. The summed E-state index contributed by atoms with van der Waals surface area (Å²) >= 11 is 0. The van der Waals surface area contributed by atoms with Gasteiger partial charge < -0.3 is 10.8 Å². The molecule has 0 saturated carbocycles. The molecule has 36 heavy (non-hydrogen) atoms. The van der Waals surface area contributed by atoms with Gasteiger partial charge in [-0.05, 0) is 54.3 Å². The summed E-state index contributed by atoms with van der Waals surface area (Å²) in [4.78, 5) is 8.58. The van der Waals surface area contributed by atoms with Gasteiger partial charge in [-0.25, -0.2) is 0 Å². The Morgan fingerprint density at radius 2 is 1.61 bits per heavy atom. The lowest BCUT2D eigenvalue weighted by Gasteiger charge is -2.23. The quantitative estimate of drug-likeness (QED) is 0.302. The van der Waals surface area contributed by atoms with E-state index in [4.69, 9.17) is 15.0 Å². The van der Waals surface area contributed by atoms with Gasteiger partial charge in [0.1, 0.15) is 5.75 Å². The number of carbonyl (C=O) groups is 1. The second kappa shape index (κ2) is 15.5. The zero-order chi connectivity index (χ0) is 26.2. The smallest absolute Gasteiger partial charge is 0.204 e. The first-order valence-corrected chi connectivity index (χ1v) is 11.9. The highest BCUT2D eigenvalue weighted by molar-refractivity contribution is 6.02. The van der Waals surface area contributed by atoms with Gasteiger partial charge in [-0.3, -0.25) is 9.80 Å². The third kappa shape index (κ3) is 8.76. The van der Waals surface area contributed by atoms with Crippen molar-refractivity contribution >= 4 is 17.8 Å². The highest BCUT2D eigenvalue weighted by Gasteiger charge is 2.29. The van der Waals surface area contributed by atoms with Gasteiger partial charge >= 0.3 is 0 Å². The Morgan fingerprint density at radius 3 is 2.17 bits per heavy atom. The number of rotatable bonds is 6. The minimum absolute atomic E-state index is 0.232. The average Bonchev–Trinajstić information content (AvgIpc) is 3.37. The van der Waals surface area contributed by atoms with Crippen LogP contribution in [0.2, 0.25) is 0 Å². The maximum atomic E-state index is 8.85. The summed E-state index contributed by atoms with van der Waals surface area (Å²) in [7, 11) is 0. The predicted octanol–water partition coefficient (Wildman–Crippen LogP) is 6.74. The van der Waals surface area contributed by atoms with Crippen LogP contribution < -0.4 is 10.7 Å². The summed E-state index contributed by atoms with van der Waals surface area (Å²) in [6.07, 6.45) is 10.0. The highest BCUT2D eigenvalue weighted by Crippen LogP contribution is 2.36. The van der Waals surface area contributed by atoms with Crippen LogP contribution in [0, 0.1) is 0 Å². The lowest BCUT2D eigenvalue weighted by molar-refractivity contribution is -0.106. The monoisotopic (exact) mass is 481 g/mol. The molecule has 0 aromatic heterocycles. The largest absolute Gasteiger partial charge is 0.508 e. The number of para-hydroxylation sites is 1. The van der Waals surface area contributed by atoms with E-state index in [-0.39, 0.29) is 12.5 Å². The van der Waals surface area contributed by atoms with Crippen molar-refractivity contribution in [1.82, 2.24) is 0 Å². The molecule has 3 aromatic carbocycles. The molecule has 5 nitrogen and oxygen atoms in total. The molecule has 1 aliphatic heterocycles. The number of carbonyl (C=O) groups excluding carboxylic acids is 1. The molecule has 0 saturated heterocycles. The number of primary amides is 1. The fourth-order valence-corrected chi connectivity index (χ4v) is 3.61. The molecule has 1 heterocycles. The van der Waals surface area contributed by atoms with E-state index >= 15 is 0 Å². The Morgan fingerprint density at radius 1 is 1.03 bits per heavy atom. The number of nitrogens with zero attached hydrogens (tertiary/aromatic N) is 2. The van der Waals surface area contributed by atoms with Crippen LogP contribution in [0.15, 0.2) is 126 Å². The fourth-order valence-electron chi connectivity index (χ4n) is 3.61. The predicted molar refractivity (Wildman–Crippen MR) is 151 cm³/mol. The van der Waals surface area contributed by atoms with Crippen LogP contribution in [0.1, 0.15) is 37.4 Å². The topological polar surface area (TPSA) is 78.9 Å². The van der Waals surface area contributed by atoms with Crippen molar-refractivity contribution < 1.29 is 9.90 Å². The molecular weight excluding hydrogens is 446 g/mol. The van der Waals surface area contributed by atoms with Crippen molar-refractivity contribution in [2.45, 2.75) is 32.7 Å². The van der Waals surface area contributed by atoms with Crippen LogP contribution in [0.5, 0.6) is 5.75 Å². The lowest BCUT2D eigenvalue weighted by Crippen LogP contribution is -2.18. The number of aromatic hydroxyl groups is 1. The van der Waals surface area contributed by atoms with Crippen LogP contribution in [0.25, 0.3) is 0 Å². The van der Waals surface area contributed by atoms with Crippen molar-refractivity contribution in [3.8, 4) is 5.75 Å². The summed E-state index contributed by atoms with van der Waals surface area (Å²) in [6.45, 7) is 7.91. The molecular formula is C31H35N3O2. The van der Waals surface area contributed by atoms with E-state index in [1.165, 1.54) is 16.7 Å². The fraction of sp³-hybridized carbons (Fsp3) is 0.161. The first kappa shape index (κ1) is 27.9. The van der Waals surface area contributed by atoms with E-state index in [0.717, 1.165) is 24.2 Å². The number of hydrogen-bond acceptors (Lipinski definition) is 4. The third-order valence-electron chi connectivity index (χ3n) is 5.51. The summed E-state index contributed by atoms with van der Waals surface area (Å²) < 4.78 is 0. The third-order valence-corrected chi connectivity index (χ3v) is 5.51. The second-order valence-electron chi connectivity index (χ2n) is 7.98. The molecule has 1 unspecified atom stereocenters. The number of benzene rings is 3. The molecule has 1 aliphatic rings. The van der Waals surface area contributed by atoms with E-state index in [2.05, 4.69) is 91.8 Å². The van der Waals surface area contributed by atoms with Crippen molar-refractivity contribution in [1.29, 1.82) is 0 Å². The molecule has 186 valence electrons. The number of hydrazone groups is 1. The van der Waals surface area contributed by atoms with Crippen LogP contribution in [0.4, 0.5) is 5.69 Å². The first-order chi connectivity index (χ1) is 17.5. The average molecular weight is 482 g/mol. The number of phenolic OH excluding ortho intramolecular Hbond substituents is 1.